The van der Waals surface area contributed by atoms with Gasteiger partial charge >= 0.3 is 0 Å². The van der Waals surface area contributed by atoms with E-state index >= 15 is 0 Å². The third kappa shape index (κ3) is 2.85. The zero-order valence-corrected chi connectivity index (χ0v) is 10.6. The van der Waals surface area contributed by atoms with E-state index < -0.39 is 4.92 Å². The Morgan fingerprint density at radius 3 is 2.68 bits per heavy atom. The number of aromatic amines is 1. The van der Waals surface area contributed by atoms with Gasteiger partial charge in [-0.2, -0.15) is 0 Å². The number of hydrogen-bond acceptors (Lipinski definition) is 4. The summed E-state index contributed by atoms with van der Waals surface area (Å²) >= 11 is 0. The minimum Gasteiger partial charge on any atom is -0.310 e. The van der Waals surface area contributed by atoms with Crippen LogP contribution in [0.4, 0.5) is 5.69 Å². The summed E-state index contributed by atoms with van der Waals surface area (Å²) in [5.41, 5.74) is 0.712. The molecule has 1 aromatic carbocycles. The first-order valence-corrected chi connectivity index (χ1v) is 5.83. The van der Waals surface area contributed by atoms with Gasteiger partial charge in [-0.05, 0) is 0 Å². The molecular formula is C13H13N3O3. The van der Waals surface area contributed by atoms with Crippen LogP contribution in [0.25, 0.3) is 11.3 Å². The number of nitro benzene ring substituents is 1. The first-order valence-electron chi connectivity index (χ1n) is 5.83. The number of non-ortho nitro benzene ring substituents is 1. The van der Waals surface area contributed by atoms with Gasteiger partial charge in [0.2, 0.25) is 0 Å². The van der Waals surface area contributed by atoms with E-state index in [4.69, 9.17) is 0 Å². The number of benzene rings is 1. The van der Waals surface area contributed by atoms with Crippen molar-refractivity contribution in [1.82, 2.24) is 9.97 Å². The summed E-state index contributed by atoms with van der Waals surface area (Å²) in [5, 5.41) is 10.7. The summed E-state index contributed by atoms with van der Waals surface area (Å²) in [6, 6.07) is 7.42. The van der Waals surface area contributed by atoms with Crippen molar-refractivity contribution in [1.29, 1.82) is 0 Å². The number of rotatable bonds is 3. The minimum absolute atomic E-state index is 0.0225. The number of hydrogen-bond donors (Lipinski definition) is 1. The number of aromatic nitrogens is 2. The fraction of sp³-hybridized carbons (Fsp3) is 0.231. The maximum Gasteiger partial charge on any atom is 0.270 e. The van der Waals surface area contributed by atoms with Crippen LogP contribution in [-0.2, 0) is 0 Å². The lowest BCUT2D eigenvalue weighted by Gasteiger charge is -2.06. The normalized spacial score (nSPS) is 10.7. The van der Waals surface area contributed by atoms with Gasteiger partial charge in [0.05, 0.1) is 10.6 Å². The summed E-state index contributed by atoms with van der Waals surface area (Å²) in [4.78, 5) is 28.8. The highest BCUT2D eigenvalue weighted by atomic mass is 16.6. The van der Waals surface area contributed by atoms with Crippen molar-refractivity contribution >= 4 is 5.69 Å². The lowest BCUT2D eigenvalue weighted by Crippen LogP contribution is -2.12. The van der Waals surface area contributed by atoms with Crippen LogP contribution in [0.5, 0.6) is 0 Å². The summed E-state index contributed by atoms with van der Waals surface area (Å²) < 4.78 is 0. The predicted octanol–water partition coefficient (Wildman–Crippen LogP) is 2.47. The fourth-order valence-electron chi connectivity index (χ4n) is 1.68. The quantitative estimate of drug-likeness (QED) is 0.677. The first-order chi connectivity index (χ1) is 8.97. The molecule has 0 aliphatic carbocycles. The van der Waals surface area contributed by atoms with E-state index in [0.717, 1.165) is 0 Å². The SMILES string of the molecule is CC(C)c1nc(-c2cccc([N+](=O)[O-])c2)cc(=O)[nH]1. The van der Waals surface area contributed by atoms with Crippen LogP contribution < -0.4 is 5.56 Å². The molecule has 1 N–H and O–H groups in total. The summed E-state index contributed by atoms with van der Waals surface area (Å²) in [6.45, 7) is 3.82. The van der Waals surface area contributed by atoms with Crippen molar-refractivity contribution in [2.45, 2.75) is 19.8 Å². The smallest absolute Gasteiger partial charge is 0.270 e. The lowest BCUT2D eigenvalue weighted by atomic mass is 10.1. The molecule has 0 saturated carbocycles. The molecule has 0 aliphatic heterocycles. The molecule has 6 heteroatoms. The average Bonchev–Trinajstić information content (AvgIpc) is 2.38. The molecule has 0 amide bonds. The van der Waals surface area contributed by atoms with Gasteiger partial charge in [-0.15, -0.1) is 0 Å². The Bertz CT molecular complexity index is 677. The van der Waals surface area contributed by atoms with Crippen LogP contribution in [0.3, 0.4) is 0 Å². The van der Waals surface area contributed by atoms with Gasteiger partial charge in [-0.25, -0.2) is 4.98 Å². The van der Waals surface area contributed by atoms with Crippen LogP contribution in [0, 0.1) is 10.1 Å². The molecule has 0 bridgehead atoms. The molecule has 1 heterocycles. The van der Waals surface area contributed by atoms with E-state index in [1.54, 1.807) is 12.1 Å². The Morgan fingerprint density at radius 1 is 1.32 bits per heavy atom. The first kappa shape index (κ1) is 12.9. The van der Waals surface area contributed by atoms with Gasteiger partial charge < -0.3 is 4.98 Å². The highest BCUT2D eigenvalue weighted by Gasteiger charge is 2.10. The van der Waals surface area contributed by atoms with Gasteiger partial charge in [-0.1, -0.05) is 26.0 Å². The molecule has 19 heavy (non-hydrogen) atoms. The van der Waals surface area contributed by atoms with E-state index in [0.29, 0.717) is 17.1 Å². The van der Waals surface area contributed by atoms with Crippen molar-refractivity contribution in [2.24, 2.45) is 0 Å². The average molecular weight is 259 g/mol. The van der Waals surface area contributed by atoms with Crippen LogP contribution in [-0.4, -0.2) is 14.9 Å². The molecule has 0 aliphatic rings. The molecule has 0 saturated heterocycles. The second kappa shape index (κ2) is 5.01. The lowest BCUT2D eigenvalue weighted by molar-refractivity contribution is -0.384. The van der Waals surface area contributed by atoms with Crippen LogP contribution in [0.1, 0.15) is 25.6 Å². The van der Waals surface area contributed by atoms with Gasteiger partial charge in [-0.3, -0.25) is 14.9 Å². The predicted molar refractivity (Wildman–Crippen MR) is 71.0 cm³/mol. The molecule has 0 unspecified atom stereocenters. The maximum absolute atomic E-state index is 11.6. The number of nitrogens with zero attached hydrogens (tertiary/aromatic N) is 2. The van der Waals surface area contributed by atoms with E-state index in [-0.39, 0.29) is 17.2 Å². The van der Waals surface area contributed by atoms with Crippen molar-refractivity contribution in [3.05, 3.63) is 56.6 Å². The zero-order valence-electron chi connectivity index (χ0n) is 10.6. The van der Waals surface area contributed by atoms with Crippen molar-refractivity contribution < 1.29 is 4.92 Å². The summed E-state index contributed by atoms with van der Waals surface area (Å²) in [6.07, 6.45) is 0. The molecule has 2 rings (SSSR count). The van der Waals surface area contributed by atoms with Crippen molar-refractivity contribution in [2.75, 3.05) is 0 Å². The number of nitrogens with one attached hydrogen (secondary N) is 1. The summed E-state index contributed by atoms with van der Waals surface area (Å²) in [5.74, 6) is 0.639. The van der Waals surface area contributed by atoms with Gasteiger partial charge in [0.25, 0.3) is 11.2 Å². The third-order valence-corrected chi connectivity index (χ3v) is 2.66. The monoisotopic (exact) mass is 259 g/mol. The largest absolute Gasteiger partial charge is 0.310 e. The molecule has 6 nitrogen and oxygen atoms in total. The second-order valence-electron chi connectivity index (χ2n) is 4.48. The number of nitro groups is 1. The molecular weight excluding hydrogens is 246 g/mol. The molecule has 1 aromatic heterocycles. The Balaban J connectivity index is 2.55. The van der Waals surface area contributed by atoms with Crippen LogP contribution >= 0.6 is 0 Å². The molecule has 0 fully saturated rings. The van der Waals surface area contributed by atoms with E-state index in [1.807, 2.05) is 13.8 Å². The van der Waals surface area contributed by atoms with Crippen molar-refractivity contribution in [3.8, 4) is 11.3 Å². The molecule has 0 atom stereocenters. The van der Waals surface area contributed by atoms with E-state index in [9.17, 15) is 14.9 Å². The molecule has 0 spiro atoms. The summed E-state index contributed by atoms with van der Waals surface area (Å²) in [7, 11) is 0. The van der Waals surface area contributed by atoms with Crippen molar-refractivity contribution in [3.63, 3.8) is 0 Å². The highest BCUT2D eigenvalue weighted by molar-refractivity contribution is 5.62. The van der Waals surface area contributed by atoms with E-state index in [1.165, 1.54) is 18.2 Å². The molecule has 98 valence electrons. The topological polar surface area (TPSA) is 88.9 Å². The Morgan fingerprint density at radius 2 is 2.05 bits per heavy atom. The van der Waals surface area contributed by atoms with Gasteiger partial charge in [0, 0.05) is 29.7 Å². The Kier molecular flexibility index (Phi) is 3.41. The van der Waals surface area contributed by atoms with Crippen LogP contribution in [0.15, 0.2) is 35.1 Å². The highest BCUT2D eigenvalue weighted by Crippen LogP contribution is 2.22. The Labute approximate surface area is 109 Å². The Hall–Kier alpha value is -2.50. The number of H-pyrrole nitrogens is 1. The zero-order chi connectivity index (χ0) is 14.0. The molecule has 0 radical (unpaired) electrons. The fourth-order valence-corrected chi connectivity index (χ4v) is 1.68. The van der Waals surface area contributed by atoms with E-state index in [2.05, 4.69) is 9.97 Å². The molecule has 2 aromatic rings. The van der Waals surface area contributed by atoms with Crippen LogP contribution in [0.2, 0.25) is 0 Å². The standard InChI is InChI=1S/C13H13N3O3/c1-8(2)13-14-11(7-12(17)15-13)9-4-3-5-10(6-9)16(18)19/h3-8H,1-2H3,(H,14,15,17). The maximum atomic E-state index is 11.6. The van der Waals surface area contributed by atoms with Gasteiger partial charge in [0.15, 0.2) is 0 Å². The third-order valence-electron chi connectivity index (χ3n) is 2.66. The second-order valence-corrected chi connectivity index (χ2v) is 4.48. The minimum atomic E-state index is -0.472. The van der Waals surface area contributed by atoms with Gasteiger partial charge in [0.1, 0.15) is 5.82 Å².